The van der Waals surface area contributed by atoms with Crippen LogP contribution in [0.1, 0.15) is 5.56 Å². The topological polar surface area (TPSA) is 89.2 Å². The normalized spacial score (nSPS) is 12.6. The van der Waals surface area contributed by atoms with E-state index in [1.807, 2.05) is 0 Å². The number of rotatable bonds is 5. The molecule has 0 saturated heterocycles. The van der Waals surface area contributed by atoms with Gasteiger partial charge in [0.05, 0.1) is 22.9 Å². The zero-order chi connectivity index (χ0) is 20.5. The first kappa shape index (κ1) is 19.9. The van der Waals surface area contributed by atoms with E-state index >= 15 is 0 Å². The second-order valence-corrected chi connectivity index (χ2v) is 7.66. The highest BCUT2D eigenvalue weighted by molar-refractivity contribution is 7.89. The molecule has 1 aromatic carbocycles. The lowest BCUT2D eigenvalue weighted by Gasteiger charge is -2.15. The standard InChI is InChI=1S/C15H11ClF3N5O3S/c1-23(20-8-10-9-21-24-6-5-13(16)22-14(10)24)28(25,26)12-4-2-3-11(7-12)27-15(17,18)19/h2-9H,1H3/b20-8+. The minimum absolute atomic E-state index is 0.213. The molecule has 148 valence electrons. The van der Waals surface area contributed by atoms with Crippen molar-refractivity contribution in [1.29, 1.82) is 0 Å². The average Bonchev–Trinajstić information content (AvgIpc) is 3.00. The molecule has 0 radical (unpaired) electrons. The van der Waals surface area contributed by atoms with Gasteiger partial charge >= 0.3 is 6.36 Å². The van der Waals surface area contributed by atoms with Crippen LogP contribution in [0.5, 0.6) is 5.75 Å². The number of hydrazone groups is 1. The molecule has 28 heavy (non-hydrogen) atoms. The van der Waals surface area contributed by atoms with Crippen LogP contribution in [0, 0.1) is 0 Å². The summed E-state index contributed by atoms with van der Waals surface area (Å²) in [4.78, 5) is 3.64. The molecule has 0 saturated carbocycles. The minimum atomic E-state index is -4.94. The summed E-state index contributed by atoms with van der Waals surface area (Å²) in [6.07, 6.45) is -0.779. The molecule has 0 amide bonds. The molecule has 0 spiro atoms. The Morgan fingerprint density at radius 2 is 2.07 bits per heavy atom. The Labute approximate surface area is 161 Å². The Balaban J connectivity index is 1.86. The fourth-order valence-corrected chi connectivity index (χ4v) is 3.27. The maximum Gasteiger partial charge on any atom is 0.573 e. The van der Waals surface area contributed by atoms with Crippen LogP contribution < -0.4 is 4.74 Å². The van der Waals surface area contributed by atoms with Gasteiger partial charge in [0.1, 0.15) is 10.9 Å². The van der Waals surface area contributed by atoms with Gasteiger partial charge in [0, 0.05) is 19.3 Å². The summed E-state index contributed by atoms with van der Waals surface area (Å²) in [6.45, 7) is 0. The molecule has 8 nitrogen and oxygen atoms in total. The van der Waals surface area contributed by atoms with Crippen molar-refractivity contribution in [1.82, 2.24) is 19.0 Å². The molecule has 0 N–H and O–H groups in total. The fraction of sp³-hybridized carbons (Fsp3) is 0.133. The quantitative estimate of drug-likeness (QED) is 0.350. The summed E-state index contributed by atoms with van der Waals surface area (Å²) in [5.74, 6) is -0.660. The van der Waals surface area contributed by atoms with E-state index in [0.717, 1.165) is 31.3 Å². The summed E-state index contributed by atoms with van der Waals surface area (Å²) in [5.41, 5.74) is 0.737. The third-order valence-electron chi connectivity index (χ3n) is 3.41. The van der Waals surface area contributed by atoms with Crippen LogP contribution in [-0.2, 0) is 10.0 Å². The summed E-state index contributed by atoms with van der Waals surface area (Å²) in [5, 5.41) is 8.05. The summed E-state index contributed by atoms with van der Waals surface area (Å²) in [7, 11) is -3.08. The fourth-order valence-electron chi connectivity index (χ4n) is 2.15. The van der Waals surface area contributed by atoms with E-state index in [9.17, 15) is 21.6 Å². The molecule has 2 aromatic heterocycles. The van der Waals surface area contributed by atoms with Gasteiger partial charge in [0.15, 0.2) is 5.65 Å². The molecular weight excluding hydrogens is 423 g/mol. The first-order chi connectivity index (χ1) is 13.1. The first-order valence-electron chi connectivity index (χ1n) is 7.45. The van der Waals surface area contributed by atoms with E-state index in [0.29, 0.717) is 15.6 Å². The molecule has 0 unspecified atom stereocenters. The van der Waals surface area contributed by atoms with Crippen LogP contribution in [-0.4, -0.2) is 47.1 Å². The third kappa shape index (κ3) is 4.34. The van der Waals surface area contributed by atoms with Crippen molar-refractivity contribution in [3.8, 4) is 5.75 Å². The number of halogens is 4. The molecule has 2 heterocycles. The summed E-state index contributed by atoms with van der Waals surface area (Å²) >= 11 is 5.83. The van der Waals surface area contributed by atoms with Crippen molar-refractivity contribution in [2.24, 2.45) is 5.10 Å². The highest BCUT2D eigenvalue weighted by atomic mass is 35.5. The predicted molar refractivity (Wildman–Crippen MR) is 93.7 cm³/mol. The number of ether oxygens (including phenoxy) is 1. The van der Waals surface area contributed by atoms with Gasteiger partial charge in [-0.25, -0.2) is 9.50 Å². The maximum absolute atomic E-state index is 12.5. The Morgan fingerprint density at radius 1 is 1.32 bits per heavy atom. The predicted octanol–water partition coefficient (Wildman–Crippen LogP) is 2.94. The van der Waals surface area contributed by atoms with E-state index in [-0.39, 0.29) is 5.15 Å². The highest BCUT2D eigenvalue weighted by Crippen LogP contribution is 2.26. The first-order valence-corrected chi connectivity index (χ1v) is 9.27. The van der Waals surface area contributed by atoms with Crippen molar-refractivity contribution in [3.63, 3.8) is 0 Å². The molecule has 13 heteroatoms. The van der Waals surface area contributed by atoms with Crippen LogP contribution in [0.25, 0.3) is 5.65 Å². The molecule has 3 aromatic rings. The Bertz CT molecular complexity index is 1150. The van der Waals surface area contributed by atoms with Crippen LogP contribution in [0.3, 0.4) is 0 Å². The van der Waals surface area contributed by atoms with E-state index < -0.39 is 27.0 Å². The smallest absolute Gasteiger partial charge is 0.406 e. The molecule has 0 fully saturated rings. The SMILES string of the molecule is CN(/N=C/c1cnn2ccc(Cl)nc12)S(=O)(=O)c1cccc(OC(F)(F)F)c1. The van der Waals surface area contributed by atoms with E-state index in [1.165, 1.54) is 23.0 Å². The van der Waals surface area contributed by atoms with E-state index in [2.05, 4.69) is 19.9 Å². The van der Waals surface area contributed by atoms with Crippen LogP contribution in [0.15, 0.2) is 52.7 Å². The molecule has 3 rings (SSSR count). The zero-order valence-electron chi connectivity index (χ0n) is 14.0. The molecule has 0 atom stereocenters. The number of hydrogen-bond acceptors (Lipinski definition) is 6. The van der Waals surface area contributed by atoms with Crippen LogP contribution >= 0.6 is 11.6 Å². The number of fused-ring (bicyclic) bond motifs is 1. The van der Waals surface area contributed by atoms with Crippen molar-refractivity contribution in [3.05, 3.63) is 53.4 Å². The van der Waals surface area contributed by atoms with Gasteiger partial charge in [0.2, 0.25) is 0 Å². The van der Waals surface area contributed by atoms with Gasteiger partial charge in [-0.1, -0.05) is 17.7 Å². The van der Waals surface area contributed by atoms with Gasteiger partial charge < -0.3 is 4.74 Å². The van der Waals surface area contributed by atoms with Gasteiger partial charge in [-0.15, -0.1) is 13.2 Å². The van der Waals surface area contributed by atoms with Crippen LogP contribution in [0.4, 0.5) is 13.2 Å². The monoisotopic (exact) mass is 433 g/mol. The van der Waals surface area contributed by atoms with Crippen molar-refractivity contribution in [2.75, 3.05) is 7.05 Å². The van der Waals surface area contributed by atoms with Crippen molar-refractivity contribution in [2.45, 2.75) is 11.3 Å². The molecule has 0 aliphatic heterocycles. The second kappa shape index (κ2) is 7.28. The van der Waals surface area contributed by atoms with Crippen molar-refractivity contribution < 1.29 is 26.3 Å². The van der Waals surface area contributed by atoms with E-state index in [1.54, 1.807) is 6.20 Å². The maximum atomic E-state index is 12.5. The molecule has 0 aliphatic carbocycles. The Hall–Kier alpha value is -2.86. The Morgan fingerprint density at radius 3 is 2.79 bits per heavy atom. The molecule has 0 aliphatic rings. The van der Waals surface area contributed by atoms with Gasteiger partial charge in [0.25, 0.3) is 10.0 Å². The van der Waals surface area contributed by atoms with E-state index in [4.69, 9.17) is 11.6 Å². The molecular formula is C15H11ClF3N5O3S. The number of aromatic nitrogens is 3. The lowest BCUT2D eigenvalue weighted by atomic mass is 10.3. The van der Waals surface area contributed by atoms with Gasteiger partial charge in [-0.3, -0.25) is 0 Å². The van der Waals surface area contributed by atoms with Gasteiger partial charge in [-0.05, 0) is 18.2 Å². The lowest BCUT2D eigenvalue weighted by molar-refractivity contribution is -0.274. The minimum Gasteiger partial charge on any atom is -0.406 e. The van der Waals surface area contributed by atoms with Gasteiger partial charge in [-0.2, -0.15) is 23.0 Å². The number of sulfonamides is 1. The average molecular weight is 434 g/mol. The van der Waals surface area contributed by atoms with Crippen molar-refractivity contribution >= 4 is 33.5 Å². The summed E-state index contributed by atoms with van der Waals surface area (Å²) < 4.78 is 67.9. The number of benzene rings is 1. The summed E-state index contributed by atoms with van der Waals surface area (Å²) in [6, 6.07) is 5.52. The largest absolute Gasteiger partial charge is 0.573 e. The number of hydrogen-bond donors (Lipinski definition) is 0. The van der Waals surface area contributed by atoms with Crippen LogP contribution in [0.2, 0.25) is 5.15 Å². The lowest BCUT2D eigenvalue weighted by Crippen LogP contribution is -2.22. The highest BCUT2D eigenvalue weighted by Gasteiger charge is 2.31. The second-order valence-electron chi connectivity index (χ2n) is 5.32. The molecule has 0 bridgehead atoms. The Kier molecular flexibility index (Phi) is 5.17. The number of nitrogens with zero attached hydrogens (tertiary/aromatic N) is 5. The zero-order valence-corrected chi connectivity index (χ0v) is 15.6. The third-order valence-corrected chi connectivity index (χ3v) is 5.26. The number of alkyl halides is 3.